The van der Waals surface area contributed by atoms with Crippen LogP contribution in [0, 0.1) is 0 Å². The Morgan fingerprint density at radius 3 is 2.58 bits per heavy atom. The number of carbonyl (C=O) groups excluding carboxylic acids is 1. The smallest absolute Gasteiger partial charge is 0.205 e. The number of thioether (sulfide) groups is 1. The third kappa shape index (κ3) is 2.97. The van der Waals surface area contributed by atoms with E-state index < -0.39 is 11.2 Å². The molecule has 130 valence electrons. The Kier molecular flexibility index (Phi) is 4.22. The van der Waals surface area contributed by atoms with E-state index >= 15 is 0 Å². The lowest BCUT2D eigenvalue weighted by atomic mass is 10.2. The van der Waals surface area contributed by atoms with E-state index in [9.17, 15) is 9.90 Å². The van der Waals surface area contributed by atoms with Crippen LogP contribution in [0.4, 0.5) is 0 Å². The van der Waals surface area contributed by atoms with Gasteiger partial charge in [0.25, 0.3) is 0 Å². The third-order valence-corrected chi connectivity index (χ3v) is 4.93. The van der Waals surface area contributed by atoms with Crippen molar-refractivity contribution in [1.29, 1.82) is 0 Å². The Morgan fingerprint density at radius 1 is 1.12 bits per heavy atom. The van der Waals surface area contributed by atoms with Gasteiger partial charge in [-0.15, -0.1) is 10.2 Å². The number of hydrogen-bond donors (Lipinski definition) is 0. The zero-order valence-corrected chi connectivity index (χ0v) is 14.6. The maximum Gasteiger partial charge on any atom is 0.205 e. The Labute approximate surface area is 153 Å². The average molecular weight is 364 g/mol. The van der Waals surface area contributed by atoms with Crippen molar-refractivity contribution >= 4 is 28.7 Å². The molecule has 0 aliphatic carbocycles. The lowest BCUT2D eigenvalue weighted by Crippen LogP contribution is -2.31. The molecule has 0 saturated heterocycles. The van der Waals surface area contributed by atoms with E-state index in [4.69, 9.17) is 4.42 Å². The van der Waals surface area contributed by atoms with E-state index in [1.807, 2.05) is 60.7 Å². The topological polar surface area (TPSA) is 84.0 Å². The highest BCUT2D eigenvalue weighted by Crippen LogP contribution is 2.32. The summed E-state index contributed by atoms with van der Waals surface area (Å²) in [6.07, 6.45) is 0. The largest absolute Gasteiger partial charge is 0.549 e. The molecule has 0 aliphatic heterocycles. The first-order valence-corrected chi connectivity index (χ1v) is 8.89. The predicted molar refractivity (Wildman–Crippen MR) is 96.9 cm³/mol. The van der Waals surface area contributed by atoms with Crippen LogP contribution in [0.2, 0.25) is 0 Å². The second-order valence-electron chi connectivity index (χ2n) is 5.70. The molecule has 0 N–H and O–H groups in total. The van der Waals surface area contributed by atoms with Crippen LogP contribution in [0.5, 0.6) is 0 Å². The van der Waals surface area contributed by atoms with Crippen LogP contribution in [0.3, 0.4) is 0 Å². The second kappa shape index (κ2) is 6.68. The lowest BCUT2D eigenvalue weighted by molar-refractivity contribution is -0.304. The molecule has 26 heavy (non-hydrogen) atoms. The van der Waals surface area contributed by atoms with E-state index in [1.54, 1.807) is 11.5 Å². The number of para-hydroxylation sites is 2. The Balaban J connectivity index is 1.86. The summed E-state index contributed by atoms with van der Waals surface area (Å²) in [4.78, 5) is 11.1. The van der Waals surface area contributed by atoms with Gasteiger partial charge in [-0.1, -0.05) is 48.2 Å². The summed E-state index contributed by atoms with van der Waals surface area (Å²) in [5, 5.41) is 20.2. The SMILES string of the molecule is C[C@@H](Sc1nnc(-c2cc3ccccc3o2)n1-c1ccccc1)C(=O)[O-]. The van der Waals surface area contributed by atoms with Crippen molar-refractivity contribution < 1.29 is 14.3 Å². The quantitative estimate of drug-likeness (QED) is 0.506. The first-order valence-electron chi connectivity index (χ1n) is 8.01. The molecule has 2 aromatic heterocycles. The Hall–Kier alpha value is -3.06. The minimum Gasteiger partial charge on any atom is -0.549 e. The van der Waals surface area contributed by atoms with Crippen molar-refractivity contribution in [3.05, 3.63) is 60.7 Å². The summed E-state index contributed by atoms with van der Waals surface area (Å²) in [7, 11) is 0. The number of rotatable bonds is 5. The molecule has 7 heteroatoms. The molecule has 4 rings (SSSR count). The Morgan fingerprint density at radius 2 is 1.85 bits per heavy atom. The van der Waals surface area contributed by atoms with E-state index in [0.717, 1.165) is 28.4 Å². The van der Waals surface area contributed by atoms with Gasteiger partial charge in [-0.25, -0.2) is 0 Å². The van der Waals surface area contributed by atoms with Crippen molar-refractivity contribution in [2.45, 2.75) is 17.3 Å². The fourth-order valence-electron chi connectivity index (χ4n) is 2.61. The van der Waals surface area contributed by atoms with Gasteiger partial charge >= 0.3 is 0 Å². The molecule has 0 fully saturated rings. The van der Waals surface area contributed by atoms with Gasteiger partial charge in [0.2, 0.25) is 5.82 Å². The van der Waals surface area contributed by atoms with Crippen molar-refractivity contribution in [3.8, 4) is 17.3 Å². The molecule has 0 amide bonds. The number of carbonyl (C=O) groups is 1. The summed E-state index contributed by atoms with van der Waals surface area (Å²) >= 11 is 1.08. The van der Waals surface area contributed by atoms with E-state index in [2.05, 4.69) is 10.2 Å². The van der Waals surface area contributed by atoms with E-state index in [-0.39, 0.29) is 0 Å². The van der Waals surface area contributed by atoms with Gasteiger partial charge in [0, 0.05) is 16.3 Å². The van der Waals surface area contributed by atoms with Gasteiger partial charge in [-0.2, -0.15) is 0 Å². The van der Waals surface area contributed by atoms with Gasteiger partial charge in [-0.05, 0) is 31.2 Å². The van der Waals surface area contributed by atoms with Gasteiger partial charge in [0.15, 0.2) is 10.9 Å². The molecule has 0 radical (unpaired) electrons. The van der Waals surface area contributed by atoms with Crippen LogP contribution in [-0.2, 0) is 4.79 Å². The molecule has 0 aliphatic rings. The minimum absolute atomic E-state index is 0.461. The molecular weight excluding hydrogens is 350 g/mol. The molecule has 6 nitrogen and oxygen atoms in total. The minimum atomic E-state index is -1.15. The fourth-order valence-corrected chi connectivity index (χ4v) is 3.41. The molecule has 2 aromatic carbocycles. The van der Waals surface area contributed by atoms with Crippen molar-refractivity contribution in [2.24, 2.45) is 0 Å². The van der Waals surface area contributed by atoms with Crippen LogP contribution in [0.25, 0.3) is 28.2 Å². The van der Waals surface area contributed by atoms with Gasteiger partial charge in [0.05, 0.1) is 5.97 Å². The average Bonchev–Trinajstić information content (AvgIpc) is 3.26. The standard InChI is InChI=1S/C19H15N3O3S/c1-12(18(23)24)26-19-21-20-17(22(19)14-8-3-2-4-9-14)16-11-13-7-5-6-10-15(13)25-16/h2-12H,1H3,(H,23,24)/p-1/t12-/m1/s1. The summed E-state index contributed by atoms with van der Waals surface area (Å²) < 4.78 is 7.71. The van der Waals surface area contributed by atoms with Crippen LogP contribution < -0.4 is 5.11 Å². The van der Waals surface area contributed by atoms with Crippen LogP contribution >= 0.6 is 11.8 Å². The molecule has 0 bridgehead atoms. The fraction of sp³-hybridized carbons (Fsp3) is 0.105. The summed E-state index contributed by atoms with van der Waals surface area (Å²) in [6, 6.07) is 19.1. The molecule has 4 aromatic rings. The van der Waals surface area contributed by atoms with Crippen LogP contribution in [0.1, 0.15) is 6.92 Å². The number of carboxylic acids is 1. The Bertz CT molecular complexity index is 1040. The zero-order chi connectivity index (χ0) is 18.1. The van der Waals surface area contributed by atoms with Crippen molar-refractivity contribution in [1.82, 2.24) is 14.8 Å². The first-order chi connectivity index (χ1) is 12.6. The number of fused-ring (bicyclic) bond motifs is 1. The van der Waals surface area contributed by atoms with Crippen molar-refractivity contribution in [2.75, 3.05) is 0 Å². The third-order valence-electron chi connectivity index (χ3n) is 3.91. The number of hydrogen-bond acceptors (Lipinski definition) is 6. The maximum atomic E-state index is 11.1. The number of aliphatic carboxylic acids is 1. The van der Waals surface area contributed by atoms with Gasteiger partial charge in [-0.3, -0.25) is 4.57 Å². The number of aromatic nitrogens is 3. The number of nitrogens with zero attached hydrogens (tertiary/aromatic N) is 3. The van der Waals surface area contributed by atoms with Crippen LogP contribution in [-0.4, -0.2) is 26.0 Å². The summed E-state index contributed by atoms with van der Waals surface area (Å²) in [6.45, 7) is 1.56. The number of carboxylic acid groups (broad SMARTS) is 1. The molecule has 0 spiro atoms. The number of furan rings is 1. The molecular formula is C19H14N3O3S-. The highest BCUT2D eigenvalue weighted by molar-refractivity contribution is 8.00. The number of benzene rings is 2. The first kappa shape index (κ1) is 16.4. The van der Waals surface area contributed by atoms with Gasteiger partial charge in [0.1, 0.15) is 5.58 Å². The highest BCUT2D eigenvalue weighted by atomic mass is 32.2. The highest BCUT2D eigenvalue weighted by Gasteiger charge is 2.21. The lowest BCUT2D eigenvalue weighted by Gasteiger charge is -2.13. The summed E-state index contributed by atoms with van der Waals surface area (Å²) in [5.41, 5.74) is 1.57. The molecule has 1 atom stereocenters. The molecule has 0 unspecified atom stereocenters. The summed E-state index contributed by atoms with van der Waals surface area (Å²) in [5.74, 6) is -0.0705. The maximum absolute atomic E-state index is 11.1. The van der Waals surface area contributed by atoms with E-state index in [0.29, 0.717) is 16.7 Å². The van der Waals surface area contributed by atoms with Crippen molar-refractivity contribution in [3.63, 3.8) is 0 Å². The van der Waals surface area contributed by atoms with Gasteiger partial charge < -0.3 is 14.3 Å². The van der Waals surface area contributed by atoms with Crippen LogP contribution in [0.15, 0.2) is 70.2 Å². The normalized spacial score (nSPS) is 12.3. The molecule has 0 saturated carbocycles. The molecule has 2 heterocycles. The predicted octanol–water partition coefficient (Wildman–Crippen LogP) is 2.91. The monoisotopic (exact) mass is 364 g/mol. The second-order valence-corrected chi connectivity index (χ2v) is 7.01. The zero-order valence-electron chi connectivity index (χ0n) is 13.8. The van der Waals surface area contributed by atoms with E-state index in [1.165, 1.54) is 0 Å².